The largest absolute Gasteiger partial charge is 0.392 e. The van der Waals surface area contributed by atoms with Crippen LogP contribution in [0.1, 0.15) is 74.5 Å². The molecule has 0 aromatic heterocycles. The fourth-order valence-corrected chi connectivity index (χ4v) is 5.72. The molecule has 0 aliphatic carbocycles. The molecule has 1 aliphatic heterocycles. The van der Waals surface area contributed by atoms with E-state index in [0.29, 0.717) is 43.5 Å². The van der Waals surface area contributed by atoms with E-state index < -0.39 is 12.2 Å². The highest BCUT2D eigenvalue weighted by atomic mass is 32.2. The van der Waals surface area contributed by atoms with E-state index in [2.05, 4.69) is 10.6 Å². The normalized spacial score (nSPS) is 17.9. The number of amides is 3. The van der Waals surface area contributed by atoms with Crippen LogP contribution in [-0.2, 0) is 30.5 Å². The number of aliphatic hydroxyl groups is 1. The summed E-state index contributed by atoms with van der Waals surface area (Å²) in [6.07, 6.45) is 2.25. The SMILES string of the molecule is CC(=O)Nc1ccc(SCC2CC(c3ccc(CO)cc3)OC(c3ccc(NC(=O)CCCCCC(=O)NO)cc3)O2)cc1. The van der Waals surface area contributed by atoms with Gasteiger partial charge in [-0.25, -0.2) is 5.48 Å². The molecule has 10 nitrogen and oxygen atoms in total. The third-order valence-electron chi connectivity index (χ3n) is 7.12. The molecule has 234 valence electrons. The lowest BCUT2D eigenvalue weighted by Crippen LogP contribution is -2.31. The lowest BCUT2D eigenvalue weighted by atomic mass is 10.0. The highest BCUT2D eigenvalue weighted by Crippen LogP contribution is 2.39. The minimum absolute atomic E-state index is 0.0240. The Morgan fingerprint density at radius 3 is 2.05 bits per heavy atom. The fraction of sp³-hybridized carbons (Fsp3) is 0.364. The van der Waals surface area contributed by atoms with Gasteiger partial charge in [0.1, 0.15) is 0 Å². The molecule has 0 spiro atoms. The van der Waals surface area contributed by atoms with E-state index in [0.717, 1.165) is 27.3 Å². The Hall–Kier alpha value is -3.74. The molecule has 5 N–H and O–H groups in total. The summed E-state index contributed by atoms with van der Waals surface area (Å²) in [5.41, 5.74) is 5.69. The van der Waals surface area contributed by atoms with E-state index in [9.17, 15) is 19.5 Å². The summed E-state index contributed by atoms with van der Waals surface area (Å²) < 4.78 is 12.8. The Labute approximate surface area is 261 Å². The number of benzene rings is 3. The Morgan fingerprint density at radius 2 is 1.41 bits per heavy atom. The van der Waals surface area contributed by atoms with E-state index >= 15 is 0 Å². The molecule has 44 heavy (non-hydrogen) atoms. The Balaban J connectivity index is 1.37. The van der Waals surface area contributed by atoms with Crippen LogP contribution in [0.3, 0.4) is 0 Å². The molecule has 1 saturated heterocycles. The summed E-state index contributed by atoms with van der Waals surface area (Å²) >= 11 is 1.67. The predicted molar refractivity (Wildman–Crippen MR) is 168 cm³/mol. The first kappa shape index (κ1) is 33.2. The summed E-state index contributed by atoms with van der Waals surface area (Å²) in [5, 5.41) is 23.7. The Bertz CT molecular complexity index is 1370. The van der Waals surface area contributed by atoms with Gasteiger partial charge < -0.3 is 25.2 Å². The number of carbonyl (C=O) groups is 3. The van der Waals surface area contributed by atoms with Crippen molar-refractivity contribution in [2.24, 2.45) is 0 Å². The molecule has 0 saturated carbocycles. The molecular formula is C33H39N3O7S. The van der Waals surface area contributed by atoms with Gasteiger partial charge in [0, 0.05) is 53.8 Å². The van der Waals surface area contributed by atoms with Crippen LogP contribution in [0, 0.1) is 0 Å². The van der Waals surface area contributed by atoms with Crippen molar-refractivity contribution in [2.75, 3.05) is 16.4 Å². The van der Waals surface area contributed by atoms with Crippen molar-refractivity contribution in [3.8, 4) is 0 Å². The van der Waals surface area contributed by atoms with Gasteiger partial charge in [0.25, 0.3) is 0 Å². The van der Waals surface area contributed by atoms with Crippen molar-refractivity contribution in [3.63, 3.8) is 0 Å². The van der Waals surface area contributed by atoms with Crippen LogP contribution in [0.4, 0.5) is 11.4 Å². The molecule has 1 heterocycles. The highest BCUT2D eigenvalue weighted by molar-refractivity contribution is 7.99. The topological polar surface area (TPSA) is 146 Å². The Morgan fingerprint density at radius 1 is 0.795 bits per heavy atom. The second kappa shape index (κ2) is 16.9. The lowest BCUT2D eigenvalue weighted by molar-refractivity contribution is -0.245. The van der Waals surface area contributed by atoms with Crippen molar-refractivity contribution in [1.29, 1.82) is 0 Å². The zero-order valence-corrected chi connectivity index (χ0v) is 25.5. The number of carbonyl (C=O) groups excluding carboxylic acids is 3. The maximum absolute atomic E-state index is 12.4. The molecule has 1 fully saturated rings. The summed E-state index contributed by atoms with van der Waals surface area (Å²) in [6.45, 7) is 1.46. The van der Waals surface area contributed by atoms with E-state index in [-0.39, 0.29) is 37.0 Å². The first-order valence-corrected chi connectivity index (χ1v) is 15.7. The highest BCUT2D eigenvalue weighted by Gasteiger charge is 2.32. The van der Waals surface area contributed by atoms with Gasteiger partial charge in [-0.15, -0.1) is 11.8 Å². The number of aliphatic hydroxyl groups excluding tert-OH is 1. The zero-order valence-electron chi connectivity index (χ0n) is 24.7. The fourth-order valence-electron chi connectivity index (χ4n) is 4.80. The molecule has 1 aliphatic rings. The van der Waals surface area contributed by atoms with Crippen molar-refractivity contribution in [2.45, 2.75) is 75.4 Å². The predicted octanol–water partition coefficient (Wildman–Crippen LogP) is 5.87. The molecule has 0 radical (unpaired) electrons. The third-order valence-corrected chi connectivity index (χ3v) is 8.27. The third kappa shape index (κ3) is 10.5. The maximum atomic E-state index is 12.4. The molecule has 4 rings (SSSR count). The van der Waals surface area contributed by atoms with Gasteiger partial charge in [-0.3, -0.25) is 19.6 Å². The molecule has 3 atom stereocenters. The average molecular weight is 622 g/mol. The number of ether oxygens (including phenoxy) is 2. The van der Waals surface area contributed by atoms with Crippen LogP contribution in [-0.4, -0.2) is 39.9 Å². The number of hydrogen-bond donors (Lipinski definition) is 5. The number of thioether (sulfide) groups is 1. The number of hydrogen-bond acceptors (Lipinski definition) is 8. The van der Waals surface area contributed by atoms with Crippen molar-refractivity contribution < 1.29 is 34.2 Å². The minimum Gasteiger partial charge on any atom is -0.392 e. The number of rotatable bonds is 14. The van der Waals surface area contributed by atoms with Gasteiger partial charge in [0.15, 0.2) is 6.29 Å². The van der Waals surface area contributed by atoms with Crippen LogP contribution >= 0.6 is 11.8 Å². The van der Waals surface area contributed by atoms with Crippen LogP contribution < -0.4 is 16.1 Å². The van der Waals surface area contributed by atoms with Crippen LogP contribution in [0.25, 0.3) is 0 Å². The van der Waals surface area contributed by atoms with Gasteiger partial charge >= 0.3 is 0 Å². The van der Waals surface area contributed by atoms with E-state index in [1.54, 1.807) is 17.2 Å². The van der Waals surface area contributed by atoms with Crippen LogP contribution in [0.2, 0.25) is 0 Å². The van der Waals surface area contributed by atoms with Crippen molar-refractivity contribution in [1.82, 2.24) is 5.48 Å². The van der Waals surface area contributed by atoms with E-state index in [1.165, 1.54) is 6.92 Å². The Kier molecular flexibility index (Phi) is 12.8. The first-order valence-electron chi connectivity index (χ1n) is 14.7. The van der Waals surface area contributed by atoms with Gasteiger partial charge in [0.05, 0.1) is 18.8 Å². The number of nitrogens with one attached hydrogen (secondary N) is 3. The number of anilines is 2. The summed E-state index contributed by atoms with van der Waals surface area (Å²) in [4.78, 5) is 35.8. The van der Waals surface area contributed by atoms with Crippen molar-refractivity contribution >= 4 is 40.9 Å². The second-order valence-electron chi connectivity index (χ2n) is 10.6. The minimum atomic E-state index is -0.611. The zero-order chi connectivity index (χ0) is 31.3. The number of unbranched alkanes of at least 4 members (excludes halogenated alkanes) is 2. The first-order chi connectivity index (χ1) is 21.3. The van der Waals surface area contributed by atoms with E-state index in [4.69, 9.17) is 14.7 Å². The average Bonchev–Trinajstić information content (AvgIpc) is 3.04. The molecule has 3 aromatic rings. The monoisotopic (exact) mass is 621 g/mol. The standard InChI is InChI=1S/C33H39N3O7S/c1-22(38)34-26-15-17-29(18-16-26)44-21-28-19-30(24-9-7-23(20-37)8-10-24)43-33(42-28)25-11-13-27(14-12-25)35-31(39)5-3-2-4-6-32(40)36-41/h7-18,28,30,33,37,41H,2-6,19-21H2,1H3,(H,34,38)(H,35,39)(H,36,40). The van der Waals surface area contributed by atoms with Crippen LogP contribution in [0.15, 0.2) is 77.7 Å². The quantitative estimate of drug-likeness (QED) is 0.0650. The molecular weight excluding hydrogens is 582 g/mol. The van der Waals surface area contributed by atoms with Gasteiger partial charge in [-0.2, -0.15) is 0 Å². The second-order valence-corrected chi connectivity index (χ2v) is 11.7. The molecule has 3 aromatic carbocycles. The van der Waals surface area contributed by atoms with Crippen LogP contribution in [0.5, 0.6) is 0 Å². The van der Waals surface area contributed by atoms with Gasteiger partial charge in [-0.1, -0.05) is 42.8 Å². The van der Waals surface area contributed by atoms with Crippen molar-refractivity contribution in [3.05, 3.63) is 89.5 Å². The summed E-state index contributed by atoms with van der Waals surface area (Å²) in [7, 11) is 0. The summed E-state index contributed by atoms with van der Waals surface area (Å²) in [6, 6.07) is 22.9. The summed E-state index contributed by atoms with van der Waals surface area (Å²) in [5.74, 6) is 0.0530. The van der Waals surface area contributed by atoms with E-state index in [1.807, 2.05) is 72.8 Å². The lowest BCUT2D eigenvalue weighted by Gasteiger charge is -2.36. The smallest absolute Gasteiger partial charge is 0.243 e. The molecule has 0 bridgehead atoms. The maximum Gasteiger partial charge on any atom is 0.243 e. The number of hydroxylamine groups is 1. The molecule has 3 amide bonds. The van der Waals surface area contributed by atoms with Gasteiger partial charge in [-0.05, 0) is 60.4 Å². The molecule has 11 heteroatoms. The van der Waals surface area contributed by atoms with Gasteiger partial charge in [0.2, 0.25) is 17.7 Å². The molecule has 3 unspecified atom stereocenters.